The fourth-order valence-corrected chi connectivity index (χ4v) is 2.79. The quantitative estimate of drug-likeness (QED) is 0.941. The van der Waals surface area contributed by atoms with Crippen LogP contribution < -0.4 is 10.5 Å². The van der Waals surface area contributed by atoms with Gasteiger partial charge in [0.2, 0.25) is 0 Å². The van der Waals surface area contributed by atoms with E-state index in [-0.39, 0.29) is 5.91 Å². The van der Waals surface area contributed by atoms with Crippen LogP contribution >= 0.6 is 11.3 Å². The van der Waals surface area contributed by atoms with Gasteiger partial charge in [-0.3, -0.25) is 4.79 Å². The Balaban J connectivity index is 2.57. The van der Waals surface area contributed by atoms with Crippen LogP contribution in [0.3, 0.4) is 0 Å². The van der Waals surface area contributed by atoms with Crippen LogP contribution in [0.5, 0.6) is 5.75 Å². The Morgan fingerprint density at radius 2 is 2.00 bits per heavy atom. The van der Waals surface area contributed by atoms with Gasteiger partial charge in [-0.25, -0.2) is 0 Å². The van der Waals surface area contributed by atoms with Gasteiger partial charge in [0.15, 0.2) is 0 Å². The number of anilines is 1. The molecule has 0 unspecified atom stereocenters. The van der Waals surface area contributed by atoms with E-state index in [2.05, 4.69) is 0 Å². The van der Waals surface area contributed by atoms with Crippen LogP contribution in [0.25, 0.3) is 11.1 Å². The van der Waals surface area contributed by atoms with E-state index in [9.17, 15) is 4.79 Å². The first-order chi connectivity index (χ1) is 9.56. The second kappa shape index (κ2) is 5.96. The number of hydrogen-bond acceptors (Lipinski definition) is 4. The summed E-state index contributed by atoms with van der Waals surface area (Å²) in [6, 6.07) is 7.68. The Morgan fingerprint density at radius 1 is 1.30 bits per heavy atom. The number of para-hydroxylation sites is 1. The molecule has 20 heavy (non-hydrogen) atoms. The summed E-state index contributed by atoms with van der Waals surface area (Å²) in [6.07, 6.45) is 0. The Bertz CT molecular complexity index is 620. The molecule has 0 aliphatic carbocycles. The summed E-state index contributed by atoms with van der Waals surface area (Å²) in [7, 11) is 3.44. The first-order valence-corrected chi connectivity index (χ1v) is 7.25. The minimum atomic E-state index is -0.0925. The number of hydrogen-bond donors (Lipinski definition) is 1. The first kappa shape index (κ1) is 14.4. The Labute approximate surface area is 122 Å². The molecule has 1 amide bonds. The molecule has 0 atom stereocenters. The summed E-state index contributed by atoms with van der Waals surface area (Å²) in [6.45, 7) is 2.51. The molecule has 0 saturated carbocycles. The van der Waals surface area contributed by atoms with E-state index in [0.717, 1.165) is 16.9 Å². The summed E-state index contributed by atoms with van der Waals surface area (Å²) in [5, 5.41) is 2.44. The van der Waals surface area contributed by atoms with E-state index in [4.69, 9.17) is 10.5 Å². The van der Waals surface area contributed by atoms with Crippen LogP contribution in [0.1, 0.15) is 17.3 Å². The van der Waals surface area contributed by atoms with E-state index < -0.39 is 0 Å². The van der Waals surface area contributed by atoms with Crippen LogP contribution in [0.4, 0.5) is 5.00 Å². The SMILES string of the molecule is CCOc1ccccc1-c1csc(N)c1C(=O)N(C)C. The number of thiophene rings is 1. The standard InChI is InChI=1S/C15H18N2O2S/c1-4-19-12-8-6-5-7-10(12)11-9-20-14(16)13(11)15(18)17(2)3/h5-9H,4,16H2,1-3H3. The molecule has 0 spiro atoms. The fourth-order valence-electron chi connectivity index (χ4n) is 1.99. The number of carbonyl (C=O) groups is 1. The zero-order valence-electron chi connectivity index (χ0n) is 11.8. The van der Waals surface area contributed by atoms with Gasteiger partial charge in [-0.05, 0) is 13.0 Å². The summed E-state index contributed by atoms with van der Waals surface area (Å²) < 4.78 is 5.63. The lowest BCUT2D eigenvalue weighted by molar-refractivity contribution is 0.0830. The van der Waals surface area contributed by atoms with E-state index >= 15 is 0 Å². The Morgan fingerprint density at radius 3 is 2.65 bits per heavy atom. The monoisotopic (exact) mass is 290 g/mol. The van der Waals surface area contributed by atoms with Crippen molar-refractivity contribution < 1.29 is 9.53 Å². The van der Waals surface area contributed by atoms with Crippen LogP contribution in [0, 0.1) is 0 Å². The Kier molecular flexibility index (Phi) is 4.29. The van der Waals surface area contributed by atoms with Crippen molar-refractivity contribution in [2.45, 2.75) is 6.92 Å². The maximum atomic E-state index is 12.3. The molecule has 1 heterocycles. The highest BCUT2D eigenvalue weighted by atomic mass is 32.1. The third kappa shape index (κ3) is 2.63. The predicted molar refractivity (Wildman–Crippen MR) is 83.4 cm³/mol. The van der Waals surface area contributed by atoms with Crippen molar-refractivity contribution in [1.29, 1.82) is 0 Å². The molecule has 0 aliphatic heterocycles. The van der Waals surface area contributed by atoms with Crippen molar-refractivity contribution >= 4 is 22.2 Å². The highest BCUT2D eigenvalue weighted by Crippen LogP contribution is 2.38. The van der Waals surface area contributed by atoms with Crippen molar-refractivity contribution in [3.8, 4) is 16.9 Å². The maximum absolute atomic E-state index is 12.3. The van der Waals surface area contributed by atoms with E-state index in [0.29, 0.717) is 17.2 Å². The number of ether oxygens (including phenoxy) is 1. The van der Waals surface area contributed by atoms with Gasteiger partial charge in [-0.2, -0.15) is 0 Å². The molecule has 0 radical (unpaired) electrons. The second-order valence-electron chi connectivity index (χ2n) is 4.52. The number of nitrogens with zero attached hydrogens (tertiary/aromatic N) is 1. The molecule has 0 saturated heterocycles. The summed E-state index contributed by atoms with van der Waals surface area (Å²) in [4.78, 5) is 13.8. The number of rotatable bonds is 4. The molecule has 2 rings (SSSR count). The van der Waals surface area contributed by atoms with Crippen LogP contribution in [-0.2, 0) is 0 Å². The molecule has 0 bridgehead atoms. The van der Waals surface area contributed by atoms with Gasteiger partial charge in [0.25, 0.3) is 5.91 Å². The van der Waals surface area contributed by atoms with Gasteiger partial charge >= 0.3 is 0 Å². The second-order valence-corrected chi connectivity index (χ2v) is 5.43. The highest BCUT2D eigenvalue weighted by molar-refractivity contribution is 7.15. The predicted octanol–water partition coefficient (Wildman–Crippen LogP) is 3.10. The van der Waals surface area contributed by atoms with Crippen molar-refractivity contribution in [3.63, 3.8) is 0 Å². The molecular formula is C15H18N2O2S. The molecule has 0 aliphatic rings. The lowest BCUT2D eigenvalue weighted by atomic mass is 10.0. The average molecular weight is 290 g/mol. The zero-order chi connectivity index (χ0) is 14.7. The minimum Gasteiger partial charge on any atom is -0.493 e. The lowest BCUT2D eigenvalue weighted by Crippen LogP contribution is -2.22. The molecule has 4 nitrogen and oxygen atoms in total. The summed E-state index contributed by atoms with van der Waals surface area (Å²) >= 11 is 1.37. The molecule has 106 valence electrons. The van der Waals surface area contributed by atoms with Gasteiger partial charge in [0, 0.05) is 30.6 Å². The third-order valence-corrected chi connectivity index (χ3v) is 3.73. The van der Waals surface area contributed by atoms with Crippen molar-refractivity contribution in [3.05, 3.63) is 35.2 Å². The highest BCUT2D eigenvalue weighted by Gasteiger charge is 2.21. The molecule has 5 heteroatoms. The van der Waals surface area contributed by atoms with E-state index in [1.807, 2.05) is 36.6 Å². The number of nitrogen functional groups attached to an aromatic ring is 1. The molecule has 1 aromatic carbocycles. The molecule has 2 aromatic rings. The van der Waals surface area contributed by atoms with Gasteiger partial charge in [-0.15, -0.1) is 11.3 Å². The van der Waals surface area contributed by atoms with Gasteiger partial charge in [0.05, 0.1) is 17.2 Å². The molecule has 1 aromatic heterocycles. The lowest BCUT2D eigenvalue weighted by Gasteiger charge is -2.14. The zero-order valence-corrected chi connectivity index (χ0v) is 12.7. The number of carbonyl (C=O) groups excluding carboxylic acids is 1. The Hall–Kier alpha value is -2.01. The third-order valence-electron chi connectivity index (χ3n) is 2.92. The van der Waals surface area contributed by atoms with Crippen LogP contribution in [0.15, 0.2) is 29.6 Å². The minimum absolute atomic E-state index is 0.0925. The molecule has 0 fully saturated rings. The molecule has 2 N–H and O–H groups in total. The van der Waals surface area contributed by atoms with Gasteiger partial charge in [-0.1, -0.05) is 18.2 Å². The summed E-state index contributed by atoms with van der Waals surface area (Å²) in [5.41, 5.74) is 8.24. The van der Waals surface area contributed by atoms with Crippen molar-refractivity contribution in [2.24, 2.45) is 0 Å². The topological polar surface area (TPSA) is 55.6 Å². The smallest absolute Gasteiger partial charge is 0.256 e. The largest absolute Gasteiger partial charge is 0.493 e. The number of nitrogens with two attached hydrogens (primary N) is 1. The van der Waals surface area contributed by atoms with E-state index in [1.165, 1.54) is 16.2 Å². The normalized spacial score (nSPS) is 10.3. The fraction of sp³-hybridized carbons (Fsp3) is 0.267. The van der Waals surface area contributed by atoms with Crippen LogP contribution in [-0.4, -0.2) is 31.5 Å². The first-order valence-electron chi connectivity index (χ1n) is 6.37. The summed E-state index contributed by atoms with van der Waals surface area (Å²) in [5.74, 6) is 0.672. The average Bonchev–Trinajstić information content (AvgIpc) is 2.80. The number of benzene rings is 1. The molecular weight excluding hydrogens is 272 g/mol. The van der Waals surface area contributed by atoms with Crippen LogP contribution in [0.2, 0.25) is 0 Å². The van der Waals surface area contributed by atoms with Crippen molar-refractivity contribution in [2.75, 3.05) is 26.4 Å². The number of amides is 1. The van der Waals surface area contributed by atoms with Crippen molar-refractivity contribution in [1.82, 2.24) is 4.90 Å². The van der Waals surface area contributed by atoms with Gasteiger partial charge in [0.1, 0.15) is 5.75 Å². The van der Waals surface area contributed by atoms with Gasteiger partial charge < -0.3 is 15.4 Å². The maximum Gasteiger partial charge on any atom is 0.256 e. The van der Waals surface area contributed by atoms with E-state index in [1.54, 1.807) is 14.1 Å².